The first-order valence-electron chi connectivity index (χ1n) is 6.22. The van der Waals surface area contributed by atoms with Crippen molar-refractivity contribution < 1.29 is 5.11 Å². The average molecular weight is 260 g/mol. The Bertz CT molecular complexity index is 555. The van der Waals surface area contributed by atoms with Gasteiger partial charge in [0.2, 0.25) is 0 Å². The first-order valence-corrected chi connectivity index (χ1v) is 7.10. The van der Waals surface area contributed by atoms with Crippen LogP contribution in [0, 0.1) is 34.6 Å². The third-order valence-electron chi connectivity index (χ3n) is 3.85. The molecular formula is C16H20OS. The van der Waals surface area contributed by atoms with Crippen molar-refractivity contribution in [3.8, 4) is 0 Å². The number of aryl methyl sites for hydroxylation is 3. The van der Waals surface area contributed by atoms with Gasteiger partial charge in [-0.25, -0.2) is 0 Å². The Morgan fingerprint density at radius 1 is 0.944 bits per heavy atom. The Balaban J connectivity index is 2.61. The Hall–Kier alpha value is -1.12. The molecule has 0 saturated heterocycles. The predicted octanol–water partition coefficient (Wildman–Crippen LogP) is 4.37. The van der Waals surface area contributed by atoms with Gasteiger partial charge in [0.05, 0.1) is 0 Å². The molecular weight excluding hydrogens is 240 g/mol. The summed E-state index contributed by atoms with van der Waals surface area (Å²) in [7, 11) is 0. The van der Waals surface area contributed by atoms with Crippen molar-refractivity contribution >= 4 is 11.3 Å². The molecule has 1 unspecified atom stereocenters. The van der Waals surface area contributed by atoms with E-state index in [0.717, 1.165) is 10.4 Å². The molecule has 2 rings (SSSR count). The second kappa shape index (κ2) is 4.87. The van der Waals surface area contributed by atoms with Gasteiger partial charge in [0.25, 0.3) is 0 Å². The second-order valence-electron chi connectivity index (χ2n) is 5.04. The van der Waals surface area contributed by atoms with E-state index in [1.807, 2.05) is 5.38 Å². The minimum Gasteiger partial charge on any atom is -0.383 e. The van der Waals surface area contributed by atoms with Crippen LogP contribution < -0.4 is 0 Å². The van der Waals surface area contributed by atoms with Gasteiger partial charge < -0.3 is 5.11 Å². The minimum absolute atomic E-state index is 0.497. The van der Waals surface area contributed by atoms with E-state index >= 15 is 0 Å². The van der Waals surface area contributed by atoms with Crippen molar-refractivity contribution in [1.82, 2.24) is 0 Å². The topological polar surface area (TPSA) is 20.2 Å². The lowest BCUT2D eigenvalue weighted by Gasteiger charge is -2.20. The highest BCUT2D eigenvalue weighted by atomic mass is 32.1. The molecule has 0 bridgehead atoms. The van der Waals surface area contributed by atoms with Gasteiger partial charge in [0.15, 0.2) is 0 Å². The van der Waals surface area contributed by atoms with Crippen molar-refractivity contribution in [2.24, 2.45) is 0 Å². The zero-order valence-electron chi connectivity index (χ0n) is 11.7. The fourth-order valence-electron chi connectivity index (χ4n) is 2.45. The van der Waals surface area contributed by atoms with Crippen molar-refractivity contribution in [2.45, 2.75) is 40.7 Å². The van der Waals surface area contributed by atoms with E-state index in [9.17, 15) is 5.11 Å². The molecule has 1 aromatic heterocycles. The Labute approximate surface area is 113 Å². The highest BCUT2D eigenvalue weighted by molar-refractivity contribution is 7.10. The molecule has 1 nitrogen and oxygen atoms in total. The van der Waals surface area contributed by atoms with E-state index in [-0.39, 0.29) is 0 Å². The van der Waals surface area contributed by atoms with Gasteiger partial charge >= 0.3 is 0 Å². The third kappa shape index (κ3) is 2.11. The summed E-state index contributed by atoms with van der Waals surface area (Å²) in [4.78, 5) is 1.06. The first kappa shape index (κ1) is 13.3. The molecule has 0 amide bonds. The Morgan fingerprint density at radius 2 is 1.50 bits per heavy atom. The second-order valence-corrected chi connectivity index (χ2v) is 5.99. The zero-order chi connectivity index (χ0) is 13.4. The maximum Gasteiger partial charge on any atom is 0.114 e. The van der Waals surface area contributed by atoms with Crippen molar-refractivity contribution in [1.29, 1.82) is 0 Å². The quantitative estimate of drug-likeness (QED) is 0.850. The lowest BCUT2D eigenvalue weighted by Crippen LogP contribution is -2.07. The maximum atomic E-state index is 10.7. The molecule has 2 aromatic rings. The molecule has 0 spiro atoms. The Morgan fingerprint density at radius 3 is 1.94 bits per heavy atom. The molecule has 18 heavy (non-hydrogen) atoms. The van der Waals surface area contributed by atoms with E-state index < -0.39 is 6.10 Å². The van der Waals surface area contributed by atoms with Crippen LogP contribution in [0.4, 0.5) is 0 Å². The Kier molecular flexibility index (Phi) is 3.60. The molecule has 0 fully saturated rings. The predicted molar refractivity (Wildman–Crippen MR) is 78.5 cm³/mol. The first-order chi connectivity index (χ1) is 8.43. The third-order valence-corrected chi connectivity index (χ3v) is 4.92. The molecule has 0 aliphatic rings. The van der Waals surface area contributed by atoms with Gasteiger partial charge in [-0.1, -0.05) is 6.07 Å². The molecule has 96 valence electrons. The van der Waals surface area contributed by atoms with Crippen LogP contribution in [0.5, 0.6) is 0 Å². The lowest BCUT2D eigenvalue weighted by atomic mass is 9.90. The lowest BCUT2D eigenvalue weighted by molar-refractivity contribution is 0.222. The molecule has 0 aliphatic heterocycles. The molecule has 0 radical (unpaired) electrons. The van der Waals surface area contributed by atoms with E-state index in [4.69, 9.17) is 0 Å². The van der Waals surface area contributed by atoms with E-state index in [1.54, 1.807) is 11.3 Å². The molecule has 1 N–H and O–H groups in total. The fourth-order valence-corrected chi connectivity index (χ4v) is 3.37. The van der Waals surface area contributed by atoms with Gasteiger partial charge in [0.1, 0.15) is 6.10 Å². The summed E-state index contributed by atoms with van der Waals surface area (Å²) >= 11 is 1.63. The highest BCUT2D eigenvalue weighted by Crippen LogP contribution is 2.35. The summed E-state index contributed by atoms with van der Waals surface area (Å²) < 4.78 is 0. The van der Waals surface area contributed by atoms with Gasteiger partial charge in [0, 0.05) is 4.88 Å². The molecule has 0 saturated carbocycles. The largest absolute Gasteiger partial charge is 0.383 e. The molecule has 1 atom stereocenters. The van der Waals surface area contributed by atoms with Gasteiger partial charge in [-0.05, 0) is 79.4 Å². The number of aliphatic hydroxyl groups excluding tert-OH is 1. The SMILES string of the molecule is Cc1ccsc1C(O)c1c(C)c(C)cc(C)c1C. The van der Waals surface area contributed by atoms with Gasteiger partial charge in [-0.15, -0.1) is 11.3 Å². The van der Waals surface area contributed by atoms with E-state index in [1.165, 1.54) is 27.8 Å². The normalized spacial score (nSPS) is 12.8. The minimum atomic E-state index is -0.497. The number of rotatable bonds is 2. The van der Waals surface area contributed by atoms with Crippen molar-refractivity contribution in [3.05, 3.63) is 55.8 Å². The molecule has 1 aromatic carbocycles. The maximum absolute atomic E-state index is 10.7. The van der Waals surface area contributed by atoms with Crippen LogP contribution in [-0.2, 0) is 0 Å². The van der Waals surface area contributed by atoms with Crippen LogP contribution in [0.15, 0.2) is 17.5 Å². The number of thiophene rings is 1. The summed E-state index contributed by atoms with van der Waals surface area (Å²) in [6.07, 6.45) is -0.497. The summed E-state index contributed by atoms with van der Waals surface area (Å²) in [5, 5.41) is 12.7. The average Bonchev–Trinajstić information content (AvgIpc) is 2.73. The number of hydrogen-bond donors (Lipinski definition) is 1. The van der Waals surface area contributed by atoms with Gasteiger partial charge in [-0.3, -0.25) is 0 Å². The van der Waals surface area contributed by atoms with Crippen LogP contribution in [0.3, 0.4) is 0 Å². The van der Waals surface area contributed by atoms with Crippen LogP contribution in [0.25, 0.3) is 0 Å². The highest BCUT2D eigenvalue weighted by Gasteiger charge is 2.20. The molecule has 1 heterocycles. The molecule has 0 aliphatic carbocycles. The fraction of sp³-hybridized carbons (Fsp3) is 0.375. The summed E-state index contributed by atoms with van der Waals surface area (Å²) in [6, 6.07) is 4.26. The van der Waals surface area contributed by atoms with Crippen molar-refractivity contribution in [3.63, 3.8) is 0 Å². The van der Waals surface area contributed by atoms with Crippen LogP contribution in [0.1, 0.15) is 44.4 Å². The number of aliphatic hydroxyl groups is 1. The van der Waals surface area contributed by atoms with Crippen molar-refractivity contribution in [2.75, 3.05) is 0 Å². The zero-order valence-corrected chi connectivity index (χ0v) is 12.5. The van der Waals surface area contributed by atoms with Crippen LogP contribution in [0.2, 0.25) is 0 Å². The monoisotopic (exact) mass is 260 g/mol. The van der Waals surface area contributed by atoms with Crippen LogP contribution >= 0.6 is 11.3 Å². The van der Waals surface area contributed by atoms with Gasteiger partial charge in [-0.2, -0.15) is 0 Å². The number of benzene rings is 1. The van der Waals surface area contributed by atoms with E-state index in [2.05, 4.69) is 46.8 Å². The standard InChI is InChI=1S/C16H20OS/c1-9-6-7-18-16(9)15(17)14-12(4)10(2)8-11(3)13(14)5/h6-8,15,17H,1-5H3. The summed E-state index contributed by atoms with van der Waals surface area (Å²) in [6.45, 7) is 10.5. The molecule has 2 heteroatoms. The number of hydrogen-bond acceptors (Lipinski definition) is 2. The summed E-state index contributed by atoms with van der Waals surface area (Å²) in [5.74, 6) is 0. The smallest absolute Gasteiger partial charge is 0.114 e. The summed E-state index contributed by atoms with van der Waals surface area (Å²) in [5.41, 5.74) is 7.17. The van der Waals surface area contributed by atoms with Crippen LogP contribution in [-0.4, -0.2) is 5.11 Å². The van der Waals surface area contributed by atoms with E-state index in [0.29, 0.717) is 0 Å².